The molecule has 0 saturated carbocycles. The van der Waals surface area contributed by atoms with Crippen molar-refractivity contribution < 1.29 is 4.79 Å². The van der Waals surface area contributed by atoms with Gasteiger partial charge in [-0.1, -0.05) is 18.2 Å². The number of hydrogen-bond donors (Lipinski definition) is 1. The Kier molecular flexibility index (Phi) is 3.57. The molecule has 4 heterocycles. The van der Waals surface area contributed by atoms with Crippen LogP contribution in [-0.4, -0.2) is 32.1 Å². The van der Waals surface area contributed by atoms with Crippen LogP contribution in [-0.2, 0) is 26.2 Å². The van der Waals surface area contributed by atoms with E-state index in [0.29, 0.717) is 6.54 Å². The molecule has 6 nitrogen and oxygen atoms in total. The van der Waals surface area contributed by atoms with E-state index in [0.717, 1.165) is 48.7 Å². The highest BCUT2D eigenvalue weighted by atomic mass is 16.1. The van der Waals surface area contributed by atoms with Crippen LogP contribution in [0.25, 0.3) is 11.4 Å². The van der Waals surface area contributed by atoms with E-state index < -0.39 is 0 Å². The number of benzene rings is 1. The molecule has 1 aromatic carbocycles. The highest BCUT2D eigenvalue weighted by Crippen LogP contribution is 2.23. The molecular weight excluding hydrogens is 326 g/mol. The van der Waals surface area contributed by atoms with E-state index in [1.54, 1.807) is 6.20 Å². The molecular formula is C20H19N5O. The lowest BCUT2D eigenvalue weighted by Crippen LogP contribution is -2.33. The SMILES string of the molecule is O=C1NCc2cc(CN3CCn4nc(-c5ccccn5)cc4C3)ccc21. The van der Waals surface area contributed by atoms with Crippen LogP contribution < -0.4 is 5.32 Å². The van der Waals surface area contributed by atoms with Gasteiger partial charge in [0.2, 0.25) is 0 Å². The summed E-state index contributed by atoms with van der Waals surface area (Å²) < 4.78 is 2.09. The standard InChI is InChI=1S/C20H19N5O/c26-20-17-5-4-14(9-15(17)11-22-20)12-24-7-8-25-16(13-24)10-19(23-25)18-3-1-2-6-21-18/h1-6,9-10H,7-8,11-13H2,(H,22,26). The summed E-state index contributed by atoms with van der Waals surface area (Å²) in [6, 6.07) is 14.2. The average Bonchev–Trinajstić information content (AvgIpc) is 3.26. The Morgan fingerprint density at radius 1 is 1.08 bits per heavy atom. The van der Waals surface area contributed by atoms with Crippen molar-refractivity contribution in [2.45, 2.75) is 26.2 Å². The van der Waals surface area contributed by atoms with Crippen LogP contribution in [0.2, 0.25) is 0 Å². The number of pyridine rings is 1. The van der Waals surface area contributed by atoms with E-state index in [2.05, 4.69) is 38.1 Å². The minimum Gasteiger partial charge on any atom is -0.348 e. The van der Waals surface area contributed by atoms with Crippen LogP contribution in [0, 0.1) is 0 Å². The highest BCUT2D eigenvalue weighted by Gasteiger charge is 2.21. The van der Waals surface area contributed by atoms with Gasteiger partial charge in [0.25, 0.3) is 5.91 Å². The number of amides is 1. The van der Waals surface area contributed by atoms with Crippen molar-refractivity contribution in [1.29, 1.82) is 0 Å². The van der Waals surface area contributed by atoms with Gasteiger partial charge in [-0.25, -0.2) is 0 Å². The molecule has 1 N–H and O–H groups in total. The van der Waals surface area contributed by atoms with Gasteiger partial charge in [-0.05, 0) is 35.4 Å². The third kappa shape index (κ3) is 2.68. The van der Waals surface area contributed by atoms with Gasteiger partial charge in [-0.15, -0.1) is 0 Å². The third-order valence-corrected chi connectivity index (χ3v) is 5.06. The molecule has 0 atom stereocenters. The number of fused-ring (bicyclic) bond motifs is 2. The molecule has 3 aromatic rings. The topological polar surface area (TPSA) is 63.1 Å². The Bertz CT molecular complexity index is 979. The maximum absolute atomic E-state index is 11.7. The lowest BCUT2D eigenvalue weighted by molar-refractivity contribution is 0.0966. The summed E-state index contributed by atoms with van der Waals surface area (Å²) in [7, 11) is 0. The van der Waals surface area contributed by atoms with Crippen molar-refractivity contribution in [2.75, 3.05) is 6.54 Å². The lowest BCUT2D eigenvalue weighted by atomic mass is 10.1. The smallest absolute Gasteiger partial charge is 0.251 e. The molecule has 2 aliphatic heterocycles. The molecule has 1 amide bonds. The zero-order valence-corrected chi connectivity index (χ0v) is 14.4. The van der Waals surface area contributed by atoms with Crippen molar-refractivity contribution in [3.05, 3.63) is 71.0 Å². The third-order valence-electron chi connectivity index (χ3n) is 5.06. The molecule has 0 saturated heterocycles. The fourth-order valence-electron chi connectivity index (χ4n) is 3.74. The molecule has 0 radical (unpaired) electrons. The minimum absolute atomic E-state index is 0.0375. The van der Waals surface area contributed by atoms with Crippen LogP contribution in [0.15, 0.2) is 48.7 Å². The first-order chi connectivity index (χ1) is 12.8. The number of nitrogens with one attached hydrogen (secondary N) is 1. The number of nitrogens with zero attached hydrogens (tertiary/aromatic N) is 4. The summed E-state index contributed by atoms with van der Waals surface area (Å²) >= 11 is 0. The quantitative estimate of drug-likeness (QED) is 0.790. The summed E-state index contributed by atoms with van der Waals surface area (Å²) in [5.74, 6) is 0.0375. The summed E-state index contributed by atoms with van der Waals surface area (Å²) in [6.07, 6.45) is 1.80. The second-order valence-corrected chi connectivity index (χ2v) is 6.84. The first-order valence-corrected chi connectivity index (χ1v) is 8.87. The molecule has 6 heteroatoms. The number of rotatable bonds is 3. The molecule has 2 aliphatic rings. The Morgan fingerprint density at radius 2 is 2.04 bits per heavy atom. The fraction of sp³-hybridized carbons (Fsp3) is 0.250. The normalized spacial score (nSPS) is 16.2. The zero-order valence-electron chi connectivity index (χ0n) is 14.4. The second kappa shape index (κ2) is 6.07. The number of aromatic nitrogens is 3. The van der Waals surface area contributed by atoms with Gasteiger partial charge in [0, 0.05) is 37.9 Å². The van der Waals surface area contributed by atoms with Crippen molar-refractivity contribution in [2.24, 2.45) is 0 Å². The maximum Gasteiger partial charge on any atom is 0.251 e. The molecule has 0 aliphatic carbocycles. The van der Waals surface area contributed by atoms with E-state index in [9.17, 15) is 4.79 Å². The molecule has 5 rings (SSSR count). The summed E-state index contributed by atoms with van der Waals surface area (Å²) in [6.45, 7) is 4.24. The number of carbonyl (C=O) groups excluding carboxylic acids is 1. The van der Waals surface area contributed by atoms with Crippen LogP contribution in [0.1, 0.15) is 27.2 Å². The monoisotopic (exact) mass is 345 g/mol. The van der Waals surface area contributed by atoms with Crippen molar-refractivity contribution in [3.63, 3.8) is 0 Å². The highest BCUT2D eigenvalue weighted by molar-refractivity contribution is 5.98. The van der Waals surface area contributed by atoms with E-state index >= 15 is 0 Å². The molecule has 0 bridgehead atoms. The van der Waals surface area contributed by atoms with Crippen molar-refractivity contribution in [1.82, 2.24) is 25.0 Å². The van der Waals surface area contributed by atoms with Gasteiger partial charge in [-0.3, -0.25) is 19.4 Å². The molecule has 26 heavy (non-hydrogen) atoms. The van der Waals surface area contributed by atoms with E-state index in [1.165, 1.54) is 11.3 Å². The van der Waals surface area contributed by atoms with Crippen LogP contribution in [0.4, 0.5) is 0 Å². The predicted octanol–water partition coefficient (Wildman–Crippen LogP) is 2.20. The number of carbonyl (C=O) groups is 1. The second-order valence-electron chi connectivity index (χ2n) is 6.84. The van der Waals surface area contributed by atoms with Crippen LogP contribution in [0.3, 0.4) is 0 Å². The largest absolute Gasteiger partial charge is 0.348 e. The Labute approximate surface area is 151 Å². The maximum atomic E-state index is 11.7. The molecule has 0 fully saturated rings. The van der Waals surface area contributed by atoms with Gasteiger partial charge in [0.1, 0.15) is 5.69 Å². The van der Waals surface area contributed by atoms with E-state index in [-0.39, 0.29) is 5.91 Å². The van der Waals surface area contributed by atoms with Gasteiger partial charge >= 0.3 is 0 Å². The number of hydrogen-bond acceptors (Lipinski definition) is 4. The summed E-state index contributed by atoms with van der Waals surface area (Å²) in [5, 5.41) is 7.58. The average molecular weight is 345 g/mol. The van der Waals surface area contributed by atoms with Gasteiger partial charge in [0.15, 0.2) is 0 Å². The van der Waals surface area contributed by atoms with Gasteiger partial charge < -0.3 is 5.32 Å². The Morgan fingerprint density at radius 3 is 2.92 bits per heavy atom. The first-order valence-electron chi connectivity index (χ1n) is 8.87. The molecule has 0 spiro atoms. The van der Waals surface area contributed by atoms with Crippen LogP contribution >= 0.6 is 0 Å². The molecule has 130 valence electrons. The zero-order chi connectivity index (χ0) is 17.5. The van der Waals surface area contributed by atoms with Crippen molar-refractivity contribution in [3.8, 4) is 11.4 Å². The first kappa shape index (κ1) is 15.3. The summed E-state index contributed by atoms with van der Waals surface area (Å²) in [5.41, 5.74) is 6.23. The van der Waals surface area contributed by atoms with Gasteiger partial charge in [0.05, 0.1) is 17.9 Å². The Hall–Kier alpha value is -2.99. The van der Waals surface area contributed by atoms with Crippen LogP contribution in [0.5, 0.6) is 0 Å². The fourth-order valence-corrected chi connectivity index (χ4v) is 3.74. The molecule has 2 aromatic heterocycles. The predicted molar refractivity (Wildman–Crippen MR) is 97.2 cm³/mol. The van der Waals surface area contributed by atoms with E-state index in [4.69, 9.17) is 5.10 Å². The lowest BCUT2D eigenvalue weighted by Gasteiger charge is -2.27. The van der Waals surface area contributed by atoms with Gasteiger partial charge in [-0.2, -0.15) is 5.10 Å². The Balaban J connectivity index is 1.33. The molecule has 0 unspecified atom stereocenters. The minimum atomic E-state index is 0.0375. The van der Waals surface area contributed by atoms with Crippen molar-refractivity contribution >= 4 is 5.91 Å². The summed E-state index contributed by atoms with van der Waals surface area (Å²) in [4.78, 5) is 18.5. The van der Waals surface area contributed by atoms with E-state index in [1.807, 2.05) is 24.3 Å².